The van der Waals surface area contributed by atoms with Crippen LogP contribution in [0, 0.1) is 34.5 Å². The highest BCUT2D eigenvalue weighted by atomic mass is 16.5. The lowest BCUT2D eigenvalue weighted by Crippen LogP contribution is -2.55. The number of aliphatic hydroxyl groups is 2. The van der Waals surface area contributed by atoms with Crippen LogP contribution < -0.4 is 0 Å². The van der Waals surface area contributed by atoms with E-state index >= 15 is 0 Å². The van der Waals surface area contributed by atoms with Gasteiger partial charge in [-0.05, 0) is 106 Å². The van der Waals surface area contributed by atoms with Gasteiger partial charge in [0.1, 0.15) is 6.10 Å². The van der Waals surface area contributed by atoms with Crippen LogP contribution in [0.5, 0.6) is 0 Å². The zero-order valence-electron chi connectivity index (χ0n) is 18.7. The Labute approximate surface area is 175 Å². The van der Waals surface area contributed by atoms with E-state index in [1.165, 1.54) is 44.9 Å². The standard InChI is InChI=1S/C25H39NO3/c1-15(27)22-13-21(26-29-22)20-8-7-18-17-6-5-16-14-23(2,28)11-12-24(16,3)19(17)9-10-25(18,20)4/h13,15-20,27-28H,5-12,14H2,1-4H3/t15?,16?,17?,18?,19?,20-,23-,24+,25+/m1/s1. The van der Waals surface area contributed by atoms with Gasteiger partial charge in [0.2, 0.25) is 0 Å². The first-order valence-electron chi connectivity index (χ1n) is 12.0. The van der Waals surface area contributed by atoms with E-state index in [0.717, 1.165) is 36.3 Å². The molecule has 1 heterocycles. The van der Waals surface area contributed by atoms with Crippen molar-refractivity contribution < 1.29 is 14.7 Å². The second kappa shape index (κ2) is 6.56. The molecule has 162 valence electrons. The van der Waals surface area contributed by atoms with Crippen LogP contribution in [0.1, 0.15) is 109 Å². The summed E-state index contributed by atoms with van der Waals surface area (Å²) in [6, 6.07) is 2.01. The van der Waals surface area contributed by atoms with Gasteiger partial charge in [0.25, 0.3) is 0 Å². The molecule has 9 atom stereocenters. The average molecular weight is 402 g/mol. The van der Waals surface area contributed by atoms with Gasteiger partial charge in [0.15, 0.2) is 5.76 Å². The summed E-state index contributed by atoms with van der Waals surface area (Å²) in [6.07, 6.45) is 10.3. The quantitative estimate of drug-likeness (QED) is 0.676. The number of fused-ring (bicyclic) bond motifs is 5. The van der Waals surface area contributed by atoms with Gasteiger partial charge in [0, 0.05) is 12.0 Å². The van der Waals surface area contributed by atoms with Crippen molar-refractivity contribution >= 4 is 0 Å². The van der Waals surface area contributed by atoms with Crippen molar-refractivity contribution in [2.45, 2.75) is 103 Å². The molecule has 4 heteroatoms. The molecule has 29 heavy (non-hydrogen) atoms. The summed E-state index contributed by atoms with van der Waals surface area (Å²) in [6.45, 7) is 8.88. The van der Waals surface area contributed by atoms with Gasteiger partial charge in [-0.2, -0.15) is 0 Å². The van der Waals surface area contributed by atoms with Crippen LogP contribution in [0.2, 0.25) is 0 Å². The van der Waals surface area contributed by atoms with Crippen molar-refractivity contribution in [2.75, 3.05) is 0 Å². The summed E-state index contributed by atoms with van der Waals surface area (Å²) in [5.41, 5.74) is 1.33. The molecule has 0 bridgehead atoms. The SMILES string of the molecule is CC(O)c1cc([C@H]2CCC3C4CCC5C[C@](C)(O)CC[C@]5(C)C4CC[C@@]32C)no1. The van der Waals surface area contributed by atoms with E-state index in [9.17, 15) is 10.2 Å². The molecule has 5 unspecified atom stereocenters. The Morgan fingerprint density at radius 3 is 2.48 bits per heavy atom. The van der Waals surface area contributed by atoms with Crippen molar-refractivity contribution in [3.63, 3.8) is 0 Å². The van der Waals surface area contributed by atoms with Crippen LogP contribution in [-0.4, -0.2) is 21.0 Å². The topological polar surface area (TPSA) is 66.5 Å². The third-order valence-electron chi connectivity index (χ3n) is 10.3. The Morgan fingerprint density at radius 1 is 1.00 bits per heavy atom. The minimum absolute atomic E-state index is 0.303. The second-order valence-electron chi connectivity index (χ2n) is 11.9. The zero-order valence-corrected chi connectivity index (χ0v) is 18.7. The first-order valence-corrected chi connectivity index (χ1v) is 12.0. The van der Waals surface area contributed by atoms with Crippen LogP contribution in [0.15, 0.2) is 10.6 Å². The van der Waals surface area contributed by atoms with Crippen molar-refractivity contribution in [3.05, 3.63) is 17.5 Å². The molecule has 4 aliphatic carbocycles. The molecule has 0 radical (unpaired) electrons. The Hall–Kier alpha value is -0.870. The number of hydrogen-bond acceptors (Lipinski definition) is 4. The third kappa shape index (κ3) is 2.96. The average Bonchev–Trinajstić information content (AvgIpc) is 3.26. The fraction of sp³-hybridized carbons (Fsp3) is 0.880. The van der Waals surface area contributed by atoms with E-state index in [1.807, 2.05) is 6.07 Å². The minimum Gasteiger partial charge on any atom is -0.390 e. The van der Waals surface area contributed by atoms with Crippen molar-refractivity contribution in [1.82, 2.24) is 5.16 Å². The molecule has 4 saturated carbocycles. The summed E-state index contributed by atoms with van der Waals surface area (Å²) >= 11 is 0. The number of aromatic nitrogens is 1. The lowest BCUT2D eigenvalue weighted by Gasteiger charge is -2.61. The second-order valence-corrected chi connectivity index (χ2v) is 11.9. The molecule has 4 aliphatic rings. The van der Waals surface area contributed by atoms with Crippen molar-refractivity contribution in [3.8, 4) is 0 Å². The Balaban J connectivity index is 1.40. The molecule has 1 aromatic heterocycles. The van der Waals surface area contributed by atoms with Gasteiger partial charge < -0.3 is 14.7 Å². The summed E-state index contributed by atoms with van der Waals surface area (Å²) in [5.74, 6) is 4.17. The molecule has 4 nitrogen and oxygen atoms in total. The predicted octanol–water partition coefficient (Wildman–Crippen LogP) is 5.61. The highest BCUT2D eigenvalue weighted by molar-refractivity contribution is 5.21. The summed E-state index contributed by atoms with van der Waals surface area (Å²) in [5, 5.41) is 24.9. The maximum atomic E-state index is 10.7. The van der Waals surface area contributed by atoms with Gasteiger partial charge in [-0.3, -0.25) is 0 Å². The Kier molecular flexibility index (Phi) is 4.54. The maximum absolute atomic E-state index is 10.7. The van der Waals surface area contributed by atoms with E-state index in [-0.39, 0.29) is 0 Å². The molecule has 0 amide bonds. The highest BCUT2D eigenvalue weighted by Crippen LogP contribution is 2.69. The van der Waals surface area contributed by atoms with Crippen LogP contribution in [0.4, 0.5) is 0 Å². The number of rotatable bonds is 2. The van der Waals surface area contributed by atoms with Crippen LogP contribution in [0.3, 0.4) is 0 Å². The fourth-order valence-electron chi connectivity index (χ4n) is 8.58. The van der Waals surface area contributed by atoms with E-state index in [4.69, 9.17) is 4.52 Å². The molecule has 1 aromatic rings. The van der Waals surface area contributed by atoms with E-state index in [1.54, 1.807) is 6.92 Å². The number of hydrogen-bond donors (Lipinski definition) is 2. The first kappa shape index (κ1) is 20.1. The number of nitrogens with zero attached hydrogens (tertiary/aromatic N) is 1. The molecular weight excluding hydrogens is 362 g/mol. The zero-order chi connectivity index (χ0) is 20.6. The molecule has 0 aliphatic heterocycles. The maximum Gasteiger partial charge on any atom is 0.165 e. The molecule has 0 spiro atoms. The third-order valence-corrected chi connectivity index (χ3v) is 10.3. The summed E-state index contributed by atoms with van der Waals surface area (Å²) in [4.78, 5) is 0. The Morgan fingerprint density at radius 2 is 1.76 bits per heavy atom. The molecule has 2 N–H and O–H groups in total. The van der Waals surface area contributed by atoms with Gasteiger partial charge in [-0.1, -0.05) is 19.0 Å². The van der Waals surface area contributed by atoms with Crippen LogP contribution in [0.25, 0.3) is 0 Å². The van der Waals surface area contributed by atoms with Gasteiger partial charge in [-0.25, -0.2) is 0 Å². The predicted molar refractivity (Wildman–Crippen MR) is 112 cm³/mol. The Bertz CT molecular complexity index is 770. The minimum atomic E-state index is -0.587. The first-order chi connectivity index (χ1) is 13.6. The lowest BCUT2D eigenvalue weighted by molar-refractivity contribution is -0.143. The molecule has 4 fully saturated rings. The monoisotopic (exact) mass is 401 g/mol. The van der Waals surface area contributed by atoms with E-state index in [0.29, 0.717) is 28.4 Å². The van der Waals surface area contributed by atoms with Gasteiger partial charge >= 0.3 is 0 Å². The van der Waals surface area contributed by atoms with Crippen LogP contribution >= 0.6 is 0 Å². The fourth-order valence-corrected chi connectivity index (χ4v) is 8.58. The van der Waals surface area contributed by atoms with Gasteiger partial charge in [0.05, 0.1) is 11.3 Å². The van der Waals surface area contributed by atoms with E-state index in [2.05, 4.69) is 25.9 Å². The van der Waals surface area contributed by atoms with Crippen molar-refractivity contribution in [1.29, 1.82) is 0 Å². The molecular formula is C25H39NO3. The van der Waals surface area contributed by atoms with Gasteiger partial charge in [-0.15, -0.1) is 0 Å². The molecule has 5 rings (SSSR count). The summed E-state index contributed by atoms with van der Waals surface area (Å²) < 4.78 is 5.45. The number of aliphatic hydroxyl groups excluding tert-OH is 1. The largest absolute Gasteiger partial charge is 0.390 e. The smallest absolute Gasteiger partial charge is 0.165 e. The highest BCUT2D eigenvalue weighted by Gasteiger charge is 2.61. The summed E-state index contributed by atoms with van der Waals surface area (Å²) in [7, 11) is 0. The van der Waals surface area contributed by atoms with Crippen LogP contribution in [-0.2, 0) is 0 Å². The van der Waals surface area contributed by atoms with Crippen molar-refractivity contribution in [2.24, 2.45) is 34.5 Å². The molecule has 0 aromatic carbocycles. The van der Waals surface area contributed by atoms with E-state index < -0.39 is 11.7 Å². The normalized spacial score (nSPS) is 50.5. The molecule has 0 saturated heterocycles. The lowest BCUT2D eigenvalue weighted by atomic mass is 9.44.